The van der Waals surface area contributed by atoms with Crippen molar-refractivity contribution in [1.82, 2.24) is 10.2 Å². The van der Waals surface area contributed by atoms with Gasteiger partial charge in [0.15, 0.2) is 0 Å². The van der Waals surface area contributed by atoms with Crippen molar-refractivity contribution in [2.24, 2.45) is 11.8 Å². The third-order valence-electron chi connectivity index (χ3n) is 7.70. The van der Waals surface area contributed by atoms with E-state index in [0.29, 0.717) is 17.9 Å². The van der Waals surface area contributed by atoms with Crippen LogP contribution in [0.4, 0.5) is 0 Å². The Balaban J connectivity index is 0.000000320. The van der Waals surface area contributed by atoms with Gasteiger partial charge in [0.2, 0.25) is 0 Å². The number of benzene rings is 2. The fourth-order valence-electron chi connectivity index (χ4n) is 5.09. The van der Waals surface area contributed by atoms with Gasteiger partial charge in [0.05, 0.1) is 0 Å². The highest BCUT2D eigenvalue weighted by atomic mass is 15.2. The number of allylic oxidation sites excluding steroid dienone is 7. The molecule has 2 heterocycles. The summed E-state index contributed by atoms with van der Waals surface area (Å²) in [5, 5.41) is 3.36. The summed E-state index contributed by atoms with van der Waals surface area (Å²) in [5.41, 5.74) is 9.40. The normalized spacial score (nSPS) is 16.3. The molecule has 3 aliphatic rings. The minimum atomic E-state index is 0.476. The van der Waals surface area contributed by atoms with Crippen molar-refractivity contribution in [3.8, 4) is 11.1 Å². The summed E-state index contributed by atoms with van der Waals surface area (Å²) in [6, 6.07) is 18.1. The number of dihydropyridines is 1. The van der Waals surface area contributed by atoms with Gasteiger partial charge in [-0.05, 0) is 73.1 Å². The fourth-order valence-corrected chi connectivity index (χ4v) is 5.09. The van der Waals surface area contributed by atoms with Crippen LogP contribution in [0, 0.1) is 18.8 Å². The van der Waals surface area contributed by atoms with Crippen LogP contribution in [0.3, 0.4) is 0 Å². The van der Waals surface area contributed by atoms with Crippen molar-refractivity contribution in [2.45, 2.75) is 81.2 Å². The molecule has 0 radical (unpaired) electrons. The molecule has 1 N–H and O–H groups in total. The molecule has 226 valence electrons. The van der Waals surface area contributed by atoms with Crippen molar-refractivity contribution in [1.29, 1.82) is 0 Å². The number of aryl methyl sites for hydroxylation is 1. The summed E-state index contributed by atoms with van der Waals surface area (Å²) in [5.74, 6) is 1.03. The van der Waals surface area contributed by atoms with Gasteiger partial charge in [-0.25, -0.2) is 0 Å². The van der Waals surface area contributed by atoms with Crippen molar-refractivity contribution < 1.29 is 0 Å². The van der Waals surface area contributed by atoms with E-state index in [1.54, 1.807) is 0 Å². The Morgan fingerprint density at radius 1 is 0.881 bits per heavy atom. The Bertz CT molecular complexity index is 1240. The zero-order chi connectivity index (χ0) is 30.9. The molecule has 0 saturated heterocycles. The first-order chi connectivity index (χ1) is 20.5. The van der Waals surface area contributed by atoms with Crippen molar-refractivity contribution >= 4 is 5.70 Å². The van der Waals surface area contributed by atoms with Gasteiger partial charge in [-0.2, -0.15) is 0 Å². The molecule has 5 rings (SSSR count). The summed E-state index contributed by atoms with van der Waals surface area (Å²) in [6.45, 7) is 21.4. The molecular weight excluding hydrogens is 508 g/mol. The van der Waals surface area contributed by atoms with Crippen molar-refractivity contribution in [2.75, 3.05) is 13.1 Å². The largest absolute Gasteiger partial charge is 0.384 e. The van der Waals surface area contributed by atoms with E-state index >= 15 is 0 Å². The van der Waals surface area contributed by atoms with Gasteiger partial charge in [0.25, 0.3) is 0 Å². The SMILES string of the molecule is C1=CCNC(C2C=CCC=C2)=C1.CC.CC.CC[C@H](C)N1CC=C(C(C)C)C=C1c1cc(-c2ccccc2)ccc1C. The molecule has 0 unspecified atom stereocenters. The maximum Gasteiger partial charge on any atom is 0.0450 e. The Kier molecular flexibility index (Phi) is 15.5. The molecule has 0 bridgehead atoms. The average Bonchev–Trinajstić information content (AvgIpc) is 3.07. The van der Waals surface area contributed by atoms with E-state index in [2.05, 4.69) is 148 Å². The van der Waals surface area contributed by atoms with E-state index < -0.39 is 0 Å². The molecule has 2 aromatic carbocycles. The quantitative estimate of drug-likeness (QED) is 0.351. The van der Waals surface area contributed by atoms with Crippen LogP contribution in [0.1, 0.15) is 79.4 Å². The first-order valence-corrected chi connectivity index (χ1v) is 16.3. The highest BCUT2D eigenvalue weighted by Crippen LogP contribution is 2.34. The second kappa shape index (κ2) is 18.8. The zero-order valence-corrected chi connectivity index (χ0v) is 27.8. The second-order valence-electron chi connectivity index (χ2n) is 10.7. The Morgan fingerprint density at radius 2 is 1.57 bits per heavy atom. The Hall–Kier alpha value is -3.52. The van der Waals surface area contributed by atoms with Crippen LogP contribution in [-0.4, -0.2) is 24.0 Å². The van der Waals surface area contributed by atoms with Crippen LogP contribution in [0.25, 0.3) is 16.8 Å². The van der Waals surface area contributed by atoms with Crippen LogP contribution in [0.2, 0.25) is 0 Å². The molecule has 42 heavy (non-hydrogen) atoms. The smallest absolute Gasteiger partial charge is 0.0450 e. The van der Waals surface area contributed by atoms with E-state index in [0.717, 1.165) is 25.9 Å². The molecule has 2 heteroatoms. The average molecular weight is 565 g/mol. The molecule has 0 saturated carbocycles. The van der Waals surface area contributed by atoms with Crippen molar-refractivity contribution in [3.05, 3.63) is 126 Å². The lowest BCUT2D eigenvalue weighted by atomic mass is 9.91. The number of nitrogens with zero attached hydrogens (tertiary/aromatic N) is 1. The number of nitrogens with one attached hydrogen (secondary N) is 1. The van der Waals surface area contributed by atoms with Crippen LogP contribution >= 0.6 is 0 Å². The second-order valence-corrected chi connectivity index (χ2v) is 10.7. The lowest BCUT2D eigenvalue weighted by Gasteiger charge is -2.36. The minimum absolute atomic E-state index is 0.476. The molecular formula is C40H56N2. The van der Waals surface area contributed by atoms with Crippen LogP contribution < -0.4 is 5.32 Å². The lowest BCUT2D eigenvalue weighted by molar-refractivity contribution is 0.327. The van der Waals surface area contributed by atoms with E-state index in [9.17, 15) is 0 Å². The lowest BCUT2D eigenvalue weighted by Crippen LogP contribution is -2.33. The molecule has 2 aliphatic heterocycles. The van der Waals surface area contributed by atoms with E-state index in [4.69, 9.17) is 0 Å². The van der Waals surface area contributed by atoms with Gasteiger partial charge >= 0.3 is 0 Å². The Labute approximate surface area is 258 Å². The molecule has 2 aromatic rings. The maximum absolute atomic E-state index is 3.36. The molecule has 0 spiro atoms. The molecule has 1 atom stereocenters. The van der Waals surface area contributed by atoms with Gasteiger partial charge in [-0.15, -0.1) is 0 Å². The Morgan fingerprint density at radius 3 is 2.17 bits per heavy atom. The molecule has 0 aromatic heterocycles. The standard InChI is InChI=1S/C25H31N.C11H13N.2C2H6/c1-6-20(5)26-15-14-22(18(2)3)17-25(26)24-16-23(13-12-19(24)4)21-10-8-7-9-11-21;1-2-6-10(7-3-1)11-8-4-5-9-12-11;2*1-2/h7-14,16-18,20H,6,15H2,1-5H3;2-8,10,12H,1,9H2;2*1-2H3/t20-;;;/m0.../s1. The number of hydrogen-bond acceptors (Lipinski definition) is 2. The minimum Gasteiger partial charge on any atom is -0.384 e. The van der Waals surface area contributed by atoms with Crippen molar-refractivity contribution in [3.63, 3.8) is 0 Å². The fraction of sp³-hybridized carbons (Fsp3) is 0.400. The topological polar surface area (TPSA) is 15.3 Å². The molecule has 0 fully saturated rings. The van der Waals surface area contributed by atoms with Gasteiger partial charge in [0, 0.05) is 42.0 Å². The zero-order valence-electron chi connectivity index (χ0n) is 27.8. The van der Waals surface area contributed by atoms with Gasteiger partial charge < -0.3 is 10.2 Å². The van der Waals surface area contributed by atoms with E-state index in [1.807, 2.05) is 27.7 Å². The number of rotatable bonds is 6. The third-order valence-corrected chi connectivity index (χ3v) is 7.70. The summed E-state index contributed by atoms with van der Waals surface area (Å²) in [6.07, 6.45) is 22.4. The van der Waals surface area contributed by atoms with Gasteiger partial charge in [-0.1, -0.05) is 133 Å². The third kappa shape index (κ3) is 9.79. The van der Waals surface area contributed by atoms with Gasteiger partial charge in [-0.3, -0.25) is 0 Å². The summed E-state index contributed by atoms with van der Waals surface area (Å²) in [7, 11) is 0. The predicted octanol–water partition coefficient (Wildman–Crippen LogP) is 10.9. The highest BCUT2D eigenvalue weighted by molar-refractivity contribution is 5.76. The first-order valence-electron chi connectivity index (χ1n) is 16.3. The molecule has 1 aliphatic carbocycles. The van der Waals surface area contributed by atoms with Crippen LogP contribution in [0.5, 0.6) is 0 Å². The van der Waals surface area contributed by atoms with Gasteiger partial charge in [0.1, 0.15) is 0 Å². The monoisotopic (exact) mass is 564 g/mol. The molecule has 2 nitrogen and oxygen atoms in total. The highest BCUT2D eigenvalue weighted by Gasteiger charge is 2.22. The van der Waals surface area contributed by atoms with E-state index in [1.165, 1.54) is 39.2 Å². The summed E-state index contributed by atoms with van der Waals surface area (Å²) < 4.78 is 0. The summed E-state index contributed by atoms with van der Waals surface area (Å²) >= 11 is 0. The van der Waals surface area contributed by atoms with Crippen LogP contribution in [-0.2, 0) is 0 Å². The van der Waals surface area contributed by atoms with Crippen LogP contribution in [0.15, 0.2) is 114 Å². The predicted molar refractivity (Wildman–Crippen MR) is 188 cm³/mol. The molecule has 0 amide bonds. The first kappa shape index (κ1) is 34.7. The number of hydrogen-bond donors (Lipinski definition) is 1. The van der Waals surface area contributed by atoms with E-state index in [-0.39, 0.29) is 0 Å². The maximum atomic E-state index is 3.36. The summed E-state index contributed by atoms with van der Waals surface area (Å²) in [4.78, 5) is 2.56.